The molecule has 0 aromatic carbocycles. The Balaban J connectivity index is -0.000000442. The van der Waals surface area contributed by atoms with Crippen LogP contribution in [-0.4, -0.2) is 88.7 Å². The average molecular weight is 1880 g/mol. The lowest BCUT2D eigenvalue weighted by molar-refractivity contribution is -0.677. The van der Waals surface area contributed by atoms with E-state index in [2.05, 4.69) is 563 Å². The van der Waals surface area contributed by atoms with E-state index < -0.39 is 29.3 Å². The van der Waals surface area contributed by atoms with Crippen molar-refractivity contribution >= 4 is 29.3 Å². The van der Waals surface area contributed by atoms with Gasteiger partial charge in [0.2, 0.25) is 0 Å². The van der Waals surface area contributed by atoms with Gasteiger partial charge in [0.25, 0.3) is 75.7 Å². The Morgan fingerprint density at radius 3 is 0.179 bits per heavy atom. The minimum absolute atomic E-state index is 0. The molecular formula is C91H169B4FN26O12. The maximum Gasteiger partial charge on any atom is 0.253 e. The van der Waals surface area contributed by atoms with Gasteiger partial charge in [-0.2, -0.15) is 0 Å². The highest BCUT2D eigenvalue weighted by Gasteiger charge is 2.17. The highest BCUT2D eigenvalue weighted by atomic mass is 19.0. The van der Waals surface area contributed by atoms with Crippen LogP contribution in [0.25, 0.3) is 0 Å². The molecule has 0 fully saturated rings. The monoisotopic (exact) mass is 1880 g/mol. The van der Waals surface area contributed by atoms with E-state index in [4.69, 9.17) is 60.3 Å². The van der Waals surface area contributed by atoms with Gasteiger partial charge in [-0.3, -0.25) is 29.3 Å². The molecule has 0 aliphatic carbocycles. The van der Waals surface area contributed by atoms with Gasteiger partial charge in [-0.15, -0.1) is 0 Å². The van der Waals surface area contributed by atoms with Crippen molar-refractivity contribution in [1.82, 2.24) is 59.4 Å². The summed E-state index contributed by atoms with van der Waals surface area (Å²) >= 11 is 0. The molecular weight excluding hydrogens is 1710 g/mol. The highest BCUT2D eigenvalue weighted by Crippen LogP contribution is 2.04. The normalized spacial score (nSPS) is 9.73. The first-order valence-corrected chi connectivity index (χ1v) is 43.3. The van der Waals surface area contributed by atoms with Gasteiger partial charge in [-0.05, 0) is 0 Å². The lowest BCUT2D eigenvalue weighted by Gasteiger charge is -2.35. The summed E-state index contributed by atoms with van der Waals surface area (Å²) in [4.78, 5) is 0. The molecule has 0 aliphatic rings. The Kier molecular flexibility index (Phi) is 61.2. The molecule has 13 aromatic rings. The second-order valence-corrected chi connectivity index (χ2v) is 33.5. The Hall–Kier alpha value is -10.6. The maximum atomic E-state index is 8.42. The van der Waals surface area contributed by atoms with Gasteiger partial charge >= 0.3 is 0 Å². The summed E-state index contributed by atoms with van der Waals surface area (Å²) < 4.78 is 55.7. The van der Waals surface area contributed by atoms with Crippen LogP contribution in [0.1, 0.15) is 150 Å². The van der Waals surface area contributed by atoms with Crippen molar-refractivity contribution in [1.29, 1.82) is 0 Å². The van der Waals surface area contributed by atoms with E-state index in [9.17, 15) is 0 Å². The second-order valence-electron chi connectivity index (χ2n) is 33.5. The summed E-state index contributed by atoms with van der Waals surface area (Å²) in [6.07, 6.45) is 27.6. The van der Waals surface area contributed by atoms with E-state index in [1.165, 1.54) is 150 Å². The molecule has 0 radical (unpaired) electrons. The molecule has 0 N–H and O–H groups in total. The predicted octanol–water partition coefficient (Wildman–Crippen LogP) is -12.7. The zero-order valence-electron chi connectivity index (χ0n) is 91.7. The molecule has 38 nitrogen and oxygen atoms in total. The van der Waals surface area contributed by atoms with Crippen molar-refractivity contribution in [2.75, 3.05) is 0 Å². The van der Waals surface area contributed by atoms with Crippen LogP contribution in [0.3, 0.4) is 0 Å². The maximum absolute atomic E-state index is 8.42. The number of hydrogen-bond donors (Lipinski definition) is 0. The van der Waals surface area contributed by atoms with Crippen LogP contribution in [0.2, 0.25) is 0 Å². The first-order chi connectivity index (χ1) is 60.6. The molecule has 0 spiro atoms. The van der Waals surface area contributed by atoms with Crippen molar-refractivity contribution in [3.63, 3.8) is 0 Å². The van der Waals surface area contributed by atoms with Crippen molar-refractivity contribution in [2.24, 2.45) is 183 Å². The van der Waals surface area contributed by atoms with Crippen LogP contribution in [0.15, 0.2) is 80.6 Å². The molecule has 754 valence electrons. The molecule has 13 rings (SSSR count). The molecule has 0 unspecified atom stereocenters. The molecule has 13 heterocycles. The number of halogens is 1. The third kappa shape index (κ3) is 45.2. The van der Waals surface area contributed by atoms with Gasteiger partial charge in [0.15, 0.2) is 0 Å². The summed E-state index contributed by atoms with van der Waals surface area (Å²) in [5.74, 6) is 16.7. The Bertz CT molecular complexity index is 4100. The van der Waals surface area contributed by atoms with Crippen LogP contribution >= 0.6 is 0 Å². The fourth-order valence-corrected chi connectivity index (χ4v) is 12.4. The van der Waals surface area contributed by atoms with Gasteiger partial charge in [0, 0.05) is 180 Å². The highest BCUT2D eigenvalue weighted by molar-refractivity contribution is 6.24. The van der Waals surface area contributed by atoms with E-state index >= 15 is 0 Å². The lowest BCUT2D eigenvalue weighted by atomic mass is 10.3. The topological polar surface area (TPSA) is 391 Å². The van der Waals surface area contributed by atoms with E-state index in [0.717, 1.165) is 0 Å². The van der Waals surface area contributed by atoms with Crippen LogP contribution < -0.4 is 124 Å². The van der Waals surface area contributed by atoms with E-state index in [1.54, 1.807) is 0 Å². The van der Waals surface area contributed by atoms with E-state index in [0.29, 0.717) is 0 Å². The Morgan fingerprint density at radius 1 is 0.134 bits per heavy atom. The van der Waals surface area contributed by atoms with Crippen molar-refractivity contribution in [3.8, 4) is 0 Å². The summed E-state index contributed by atoms with van der Waals surface area (Å²) in [7, 11) is 42.0. The fourth-order valence-electron chi connectivity index (χ4n) is 12.4. The van der Waals surface area contributed by atoms with Crippen LogP contribution in [-0.2, 0) is 183 Å². The van der Waals surface area contributed by atoms with Crippen LogP contribution in [0.5, 0.6) is 0 Å². The van der Waals surface area contributed by atoms with Gasteiger partial charge in [0.1, 0.15) is 155 Å². The molecule has 0 amide bonds. The first-order valence-electron chi connectivity index (χ1n) is 43.3. The number of imidazole rings is 13. The van der Waals surface area contributed by atoms with Crippen LogP contribution in [0, 0.1) is 180 Å². The van der Waals surface area contributed by atoms with Crippen LogP contribution in [0.4, 0.5) is 0 Å². The molecule has 0 saturated carbocycles. The molecule has 0 bridgehead atoms. The second kappa shape index (κ2) is 62.2. The summed E-state index contributed by atoms with van der Waals surface area (Å²) in [6.45, 7) is 54.7. The summed E-state index contributed by atoms with van der Waals surface area (Å²) in [5, 5.41) is 101. The number of nitrogens with zero attached hydrogens (tertiary/aromatic N) is 26. The van der Waals surface area contributed by atoms with Gasteiger partial charge in [-0.25, -0.2) is 119 Å². The average Bonchev–Trinajstić information content (AvgIpc) is 1.85. The van der Waals surface area contributed by atoms with Gasteiger partial charge in [0.05, 0.1) is 183 Å². The van der Waals surface area contributed by atoms with Crippen molar-refractivity contribution in [2.45, 2.75) is 180 Å². The molecule has 0 aliphatic heterocycles. The number of rotatable bonds is 0. The SMILES string of the molecule is Cc1c[n+](C)c(C)n1C.Cc1c[n+](C)c(C)n1C.Cc1c[n+](C)c(C)n1C.Cc1c[n+](C)c(C)n1C.Cc1c[n+](C)c(C)n1C.Cc1c[n+](C)c(C)n1C.Cc1c[n+](C)c(C)n1C.Cc1c[n+](C)c(C)n1C.Cc1c[n+](C)c(C)n1C.Cc1c[n+](C)c(C)n1C.Cc1c[n+](C)c(C)n1C.Cc1c[n+](C)c(C)n1C.Cc1c[n+](C)c(C)n1C.[F-].[O-]B([O-])[O-].[O-]B([O-])[O-].[O-]B([O-])[O-].[O-]B([O-])[O-]. The standard InChI is InChI=1S/13C7H13N2.4BO3.FH/c13*1-6-5-8(3)7(2)9(6)4;4*2-1(3)4;/h13*5H,1-4H3;;;;;1H/q13*+1;4*-3;/p-1. The van der Waals surface area contributed by atoms with E-state index in [-0.39, 0.29) is 4.70 Å². The molecule has 0 atom stereocenters. The fraction of sp³-hybridized carbons (Fsp3) is 0.571. The number of aryl methyl sites for hydroxylation is 26. The number of aromatic nitrogens is 26. The first kappa shape index (κ1) is 132. The lowest BCUT2D eigenvalue weighted by Crippen LogP contribution is -3.00. The third-order valence-electron chi connectivity index (χ3n) is 24.8. The van der Waals surface area contributed by atoms with E-state index in [1.807, 2.05) is 0 Å². The molecule has 13 aromatic heterocycles. The smallest absolute Gasteiger partial charge is 0.253 e. The van der Waals surface area contributed by atoms with Gasteiger partial charge < -0.3 is 65.0 Å². The minimum atomic E-state index is -2.92. The Labute approximate surface area is 802 Å². The summed E-state index contributed by atoms with van der Waals surface area (Å²) in [5.41, 5.74) is 16.9. The van der Waals surface area contributed by atoms with Crippen molar-refractivity contribution < 1.29 is 124 Å². The number of hydrogen-bond acceptors (Lipinski definition) is 12. The zero-order valence-corrected chi connectivity index (χ0v) is 91.7. The molecule has 0 saturated heterocycles. The summed E-state index contributed by atoms with van der Waals surface area (Å²) in [6, 6.07) is 0. The molecule has 43 heteroatoms. The molecule has 134 heavy (non-hydrogen) atoms. The Morgan fingerprint density at radius 2 is 0.172 bits per heavy atom. The van der Waals surface area contributed by atoms with Gasteiger partial charge in [-0.1, -0.05) is 0 Å². The minimum Gasteiger partial charge on any atom is -1.00 e. The third-order valence-corrected chi connectivity index (χ3v) is 24.8. The predicted molar refractivity (Wildman–Crippen MR) is 492 cm³/mol. The largest absolute Gasteiger partial charge is 1.00 e. The van der Waals surface area contributed by atoms with Crippen molar-refractivity contribution in [3.05, 3.63) is 230 Å². The zero-order chi connectivity index (χ0) is 106. The quantitative estimate of drug-likeness (QED) is 0.101.